The number of rotatable bonds is 7. The van der Waals surface area contributed by atoms with Gasteiger partial charge in [-0.2, -0.15) is 0 Å². The molecule has 1 fully saturated rings. The zero-order chi connectivity index (χ0) is 19.1. The van der Waals surface area contributed by atoms with Crippen LogP contribution in [0, 0.1) is 0 Å². The smallest absolute Gasteiger partial charge is 0.337 e. The second-order valence-corrected chi connectivity index (χ2v) is 7.63. The number of carbonyl (C=O) groups is 2. The van der Waals surface area contributed by atoms with Crippen molar-refractivity contribution in [3.63, 3.8) is 0 Å². The highest BCUT2D eigenvalue weighted by atomic mass is 32.1. The molecule has 0 radical (unpaired) electrons. The lowest BCUT2D eigenvalue weighted by Crippen LogP contribution is -2.48. The molecule has 27 heavy (non-hydrogen) atoms. The number of hydrogen-bond donors (Lipinski definition) is 1. The maximum atomic E-state index is 12.2. The van der Waals surface area contributed by atoms with E-state index in [0.717, 1.165) is 38.3 Å². The summed E-state index contributed by atoms with van der Waals surface area (Å²) in [5.74, 6) is -0.331. The number of ether oxygens (including phenoxy) is 1. The van der Waals surface area contributed by atoms with Crippen LogP contribution in [0.25, 0.3) is 0 Å². The van der Waals surface area contributed by atoms with E-state index in [0.29, 0.717) is 18.7 Å². The van der Waals surface area contributed by atoms with Crippen molar-refractivity contribution in [1.82, 2.24) is 15.1 Å². The summed E-state index contributed by atoms with van der Waals surface area (Å²) in [5.41, 5.74) is 1.46. The van der Waals surface area contributed by atoms with Crippen molar-refractivity contribution in [1.29, 1.82) is 0 Å². The SMILES string of the molecule is COC(=O)c1ccc(CNC(=O)CN2CCN(Cc3cccs3)CC2)cc1. The van der Waals surface area contributed by atoms with E-state index >= 15 is 0 Å². The van der Waals surface area contributed by atoms with Crippen molar-refractivity contribution in [2.24, 2.45) is 0 Å². The molecule has 6 nitrogen and oxygen atoms in total. The van der Waals surface area contributed by atoms with Crippen molar-refractivity contribution < 1.29 is 14.3 Å². The molecule has 3 rings (SSSR count). The number of methoxy groups -OCH3 is 1. The zero-order valence-corrected chi connectivity index (χ0v) is 16.3. The van der Waals surface area contributed by atoms with Gasteiger partial charge in [0.2, 0.25) is 5.91 Å². The summed E-state index contributed by atoms with van der Waals surface area (Å²) in [4.78, 5) is 29.6. The van der Waals surface area contributed by atoms with Crippen molar-refractivity contribution in [2.75, 3.05) is 39.8 Å². The normalized spacial score (nSPS) is 15.4. The summed E-state index contributed by atoms with van der Waals surface area (Å²) in [6, 6.07) is 11.3. The summed E-state index contributed by atoms with van der Waals surface area (Å²) < 4.78 is 4.68. The highest BCUT2D eigenvalue weighted by Crippen LogP contribution is 2.13. The fourth-order valence-corrected chi connectivity index (χ4v) is 3.81. The van der Waals surface area contributed by atoms with Crippen LogP contribution in [0.2, 0.25) is 0 Å². The Hall–Kier alpha value is -2.22. The molecular weight excluding hydrogens is 362 g/mol. The molecule has 1 N–H and O–H groups in total. The first-order valence-corrected chi connectivity index (χ1v) is 9.93. The summed E-state index contributed by atoms with van der Waals surface area (Å²) in [7, 11) is 1.36. The molecule has 144 valence electrons. The van der Waals surface area contributed by atoms with Gasteiger partial charge in [-0.25, -0.2) is 4.79 Å². The topological polar surface area (TPSA) is 61.9 Å². The van der Waals surface area contributed by atoms with Gasteiger partial charge in [0.25, 0.3) is 0 Å². The van der Waals surface area contributed by atoms with Crippen LogP contribution in [-0.4, -0.2) is 61.5 Å². The largest absolute Gasteiger partial charge is 0.465 e. The highest BCUT2D eigenvalue weighted by molar-refractivity contribution is 7.09. The third-order valence-electron chi connectivity index (χ3n) is 4.66. The van der Waals surface area contributed by atoms with Crippen LogP contribution in [0.1, 0.15) is 20.8 Å². The number of piperazine rings is 1. The number of carbonyl (C=O) groups excluding carboxylic acids is 2. The van der Waals surface area contributed by atoms with Crippen molar-refractivity contribution in [2.45, 2.75) is 13.1 Å². The molecule has 0 spiro atoms. The molecule has 0 saturated carbocycles. The number of benzene rings is 1. The Labute approximate surface area is 163 Å². The van der Waals surface area contributed by atoms with Crippen molar-refractivity contribution in [3.05, 3.63) is 57.8 Å². The van der Waals surface area contributed by atoms with E-state index in [1.54, 1.807) is 23.5 Å². The van der Waals surface area contributed by atoms with Gasteiger partial charge in [0, 0.05) is 44.1 Å². The molecule has 0 atom stereocenters. The van der Waals surface area contributed by atoms with Crippen LogP contribution >= 0.6 is 11.3 Å². The van der Waals surface area contributed by atoms with Gasteiger partial charge in [0.15, 0.2) is 0 Å². The van der Waals surface area contributed by atoms with Crippen molar-refractivity contribution >= 4 is 23.2 Å². The molecule has 0 aliphatic carbocycles. The number of amides is 1. The van der Waals surface area contributed by atoms with Gasteiger partial charge in [-0.05, 0) is 29.1 Å². The predicted molar refractivity (Wildman–Crippen MR) is 106 cm³/mol. The average Bonchev–Trinajstić information content (AvgIpc) is 3.21. The molecule has 1 saturated heterocycles. The lowest BCUT2D eigenvalue weighted by atomic mass is 10.1. The Morgan fingerprint density at radius 3 is 2.41 bits per heavy atom. The van der Waals surface area contributed by atoms with Crippen LogP contribution in [0.15, 0.2) is 41.8 Å². The third-order valence-corrected chi connectivity index (χ3v) is 5.52. The van der Waals surface area contributed by atoms with Gasteiger partial charge in [-0.15, -0.1) is 11.3 Å². The fourth-order valence-electron chi connectivity index (χ4n) is 3.06. The highest BCUT2D eigenvalue weighted by Gasteiger charge is 2.19. The monoisotopic (exact) mass is 387 g/mol. The minimum absolute atomic E-state index is 0.0266. The summed E-state index contributed by atoms with van der Waals surface area (Å²) in [5, 5.41) is 5.06. The molecule has 0 unspecified atom stereocenters. The lowest BCUT2D eigenvalue weighted by molar-refractivity contribution is -0.122. The van der Waals surface area contributed by atoms with Crippen LogP contribution in [0.4, 0.5) is 0 Å². The van der Waals surface area contributed by atoms with E-state index < -0.39 is 0 Å². The van der Waals surface area contributed by atoms with Gasteiger partial charge < -0.3 is 10.1 Å². The minimum atomic E-state index is -0.358. The number of thiophene rings is 1. The second-order valence-electron chi connectivity index (χ2n) is 6.60. The van der Waals surface area contributed by atoms with Crippen LogP contribution in [-0.2, 0) is 22.6 Å². The Morgan fingerprint density at radius 2 is 1.78 bits per heavy atom. The molecule has 2 aromatic rings. The van der Waals surface area contributed by atoms with E-state index in [4.69, 9.17) is 0 Å². The minimum Gasteiger partial charge on any atom is -0.465 e. The number of esters is 1. The second kappa shape index (κ2) is 9.64. The molecule has 2 heterocycles. The molecule has 7 heteroatoms. The molecule has 1 amide bonds. The first-order valence-electron chi connectivity index (χ1n) is 9.05. The molecule has 1 aliphatic heterocycles. The maximum absolute atomic E-state index is 12.2. The van der Waals surface area contributed by atoms with Gasteiger partial charge in [-0.1, -0.05) is 18.2 Å². The Kier molecular flexibility index (Phi) is 6.98. The van der Waals surface area contributed by atoms with Crippen LogP contribution in [0.3, 0.4) is 0 Å². The number of hydrogen-bond acceptors (Lipinski definition) is 6. The molecule has 0 bridgehead atoms. The lowest BCUT2D eigenvalue weighted by Gasteiger charge is -2.34. The molecular formula is C20H25N3O3S. The van der Waals surface area contributed by atoms with Crippen LogP contribution in [0.5, 0.6) is 0 Å². The Bertz CT molecular complexity index is 738. The molecule has 1 aromatic carbocycles. The van der Waals surface area contributed by atoms with Gasteiger partial charge in [-0.3, -0.25) is 14.6 Å². The van der Waals surface area contributed by atoms with E-state index in [1.807, 2.05) is 12.1 Å². The predicted octanol–water partition coefficient (Wildman–Crippen LogP) is 1.97. The maximum Gasteiger partial charge on any atom is 0.337 e. The first kappa shape index (κ1) is 19.5. The van der Waals surface area contributed by atoms with Gasteiger partial charge in [0.1, 0.15) is 0 Å². The average molecular weight is 388 g/mol. The Balaban J connectivity index is 1.36. The first-order chi connectivity index (χ1) is 13.1. The fraction of sp³-hybridized carbons (Fsp3) is 0.400. The van der Waals surface area contributed by atoms with Crippen molar-refractivity contribution in [3.8, 4) is 0 Å². The molecule has 1 aliphatic rings. The quantitative estimate of drug-likeness (QED) is 0.736. The zero-order valence-electron chi connectivity index (χ0n) is 15.5. The number of nitrogens with one attached hydrogen (secondary N) is 1. The third kappa shape index (κ3) is 5.89. The van der Waals surface area contributed by atoms with E-state index in [1.165, 1.54) is 12.0 Å². The van der Waals surface area contributed by atoms with Gasteiger partial charge in [0.05, 0.1) is 19.2 Å². The van der Waals surface area contributed by atoms with E-state index in [2.05, 4.69) is 37.4 Å². The Morgan fingerprint density at radius 1 is 1.07 bits per heavy atom. The summed E-state index contributed by atoms with van der Waals surface area (Å²) in [6.45, 7) is 5.67. The number of nitrogens with zero attached hydrogens (tertiary/aromatic N) is 2. The van der Waals surface area contributed by atoms with Crippen LogP contribution < -0.4 is 5.32 Å². The van der Waals surface area contributed by atoms with E-state index in [9.17, 15) is 9.59 Å². The summed E-state index contributed by atoms with van der Waals surface area (Å²) >= 11 is 1.79. The van der Waals surface area contributed by atoms with Gasteiger partial charge >= 0.3 is 5.97 Å². The standard InChI is InChI=1S/C20H25N3O3S/c1-26-20(25)17-6-4-16(5-7-17)13-21-19(24)15-23-10-8-22(9-11-23)14-18-3-2-12-27-18/h2-7,12H,8-11,13-15H2,1H3,(H,21,24). The molecule has 1 aromatic heterocycles. The van der Waals surface area contributed by atoms with E-state index in [-0.39, 0.29) is 11.9 Å². The summed E-state index contributed by atoms with van der Waals surface area (Å²) in [6.07, 6.45) is 0.